The third-order valence-electron chi connectivity index (χ3n) is 3.08. The molecule has 1 heterocycles. The summed E-state index contributed by atoms with van der Waals surface area (Å²) in [5.41, 5.74) is 1.22. The fraction of sp³-hybridized carbons (Fsp3) is 0.500. The van der Waals surface area contributed by atoms with Crippen molar-refractivity contribution < 1.29 is 9.18 Å². The second kappa shape index (κ2) is 6.02. The van der Waals surface area contributed by atoms with Crippen LogP contribution in [0.5, 0.6) is 0 Å². The molecule has 1 aliphatic rings. The number of carbonyl (C=O) groups is 1. The van der Waals surface area contributed by atoms with Crippen LogP contribution in [0.15, 0.2) is 18.2 Å². The molecule has 5 heteroatoms. The molecule has 1 aromatic rings. The first kappa shape index (κ1) is 13.8. The van der Waals surface area contributed by atoms with E-state index in [2.05, 4.69) is 15.5 Å². The maximum absolute atomic E-state index is 13.4. The molecule has 1 amide bonds. The van der Waals surface area contributed by atoms with E-state index in [0.29, 0.717) is 5.56 Å². The predicted molar refractivity (Wildman–Crippen MR) is 74.1 cm³/mol. The number of piperazine rings is 1. The van der Waals surface area contributed by atoms with Crippen molar-refractivity contribution in [1.82, 2.24) is 10.6 Å². The fourth-order valence-corrected chi connectivity index (χ4v) is 2.21. The molecule has 0 aliphatic carbocycles. The zero-order chi connectivity index (χ0) is 13.8. The Balaban J connectivity index is 2.29. The molecule has 1 aromatic carbocycles. The first-order valence-electron chi connectivity index (χ1n) is 6.64. The van der Waals surface area contributed by atoms with Crippen LogP contribution in [0.1, 0.15) is 24.2 Å². The van der Waals surface area contributed by atoms with E-state index >= 15 is 0 Å². The van der Waals surface area contributed by atoms with Gasteiger partial charge in [0, 0.05) is 37.9 Å². The van der Waals surface area contributed by atoms with Crippen molar-refractivity contribution in [3.8, 4) is 0 Å². The predicted octanol–water partition coefficient (Wildman–Crippen LogP) is 1.37. The summed E-state index contributed by atoms with van der Waals surface area (Å²) >= 11 is 0. The van der Waals surface area contributed by atoms with Gasteiger partial charge >= 0.3 is 0 Å². The molecule has 2 N–H and O–H groups in total. The summed E-state index contributed by atoms with van der Waals surface area (Å²) < 4.78 is 13.4. The maximum Gasteiger partial charge on any atom is 0.253 e. The molecule has 0 atom stereocenters. The topological polar surface area (TPSA) is 44.4 Å². The molecule has 0 unspecified atom stereocenters. The second-order valence-electron chi connectivity index (χ2n) is 5.03. The zero-order valence-corrected chi connectivity index (χ0v) is 11.4. The van der Waals surface area contributed by atoms with E-state index in [1.807, 2.05) is 13.8 Å². The van der Waals surface area contributed by atoms with E-state index in [1.54, 1.807) is 6.07 Å². The highest BCUT2D eigenvalue weighted by molar-refractivity contribution is 6.00. The van der Waals surface area contributed by atoms with Crippen LogP contribution < -0.4 is 15.5 Å². The largest absolute Gasteiger partial charge is 0.368 e. The summed E-state index contributed by atoms with van der Waals surface area (Å²) in [6, 6.07) is 4.45. The van der Waals surface area contributed by atoms with E-state index in [9.17, 15) is 9.18 Å². The number of nitrogens with zero attached hydrogens (tertiary/aromatic N) is 1. The SMILES string of the molecule is CC(C)NC(=O)c1cc(F)ccc1N1CCNCC1. The van der Waals surface area contributed by atoms with Gasteiger partial charge in [0.05, 0.1) is 5.56 Å². The standard InChI is InChI=1S/C14H20FN3O/c1-10(2)17-14(19)12-9-11(15)3-4-13(12)18-7-5-16-6-8-18/h3-4,9-10,16H,5-8H2,1-2H3,(H,17,19). The Hall–Kier alpha value is -1.62. The lowest BCUT2D eigenvalue weighted by atomic mass is 10.1. The average Bonchev–Trinajstić information content (AvgIpc) is 2.39. The Labute approximate surface area is 113 Å². The van der Waals surface area contributed by atoms with Gasteiger partial charge in [-0.2, -0.15) is 0 Å². The number of rotatable bonds is 3. The molecule has 1 fully saturated rings. The van der Waals surface area contributed by atoms with E-state index in [-0.39, 0.29) is 17.8 Å². The third kappa shape index (κ3) is 3.44. The highest BCUT2D eigenvalue weighted by Gasteiger charge is 2.19. The second-order valence-corrected chi connectivity index (χ2v) is 5.03. The molecule has 4 nitrogen and oxygen atoms in total. The van der Waals surface area contributed by atoms with Crippen LogP contribution in [0.4, 0.5) is 10.1 Å². The van der Waals surface area contributed by atoms with Crippen molar-refractivity contribution in [2.75, 3.05) is 31.1 Å². The average molecular weight is 265 g/mol. The molecule has 19 heavy (non-hydrogen) atoms. The molecular formula is C14H20FN3O. The minimum Gasteiger partial charge on any atom is -0.368 e. The van der Waals surface area contributed by atoms with E-state index < -0.39 is 0 Å². The number of carbonyl (C=O) groups excluding carboxylic acids is 1. The molecular weight excluding hydrogens is 245 g/mol. The van der Waals surface area contributed by atoms with Gasteiger partial charge in [0.25, 0.3) is 5.91 Å². The molecule has 2 rings (SSSR count). The Morgan fingerprint density at radius 1 is 1.37 bits per heavy atom. The molecule has 0 bridgehead atoms. The van der Waals surface area contributed by atoms with Crippen molar-refractivity contribution in [2.45, 2.75) is 19.9 Å². The Bertz CT molecular complexity index is 456. The first-order chi connectivity index (χ1) is 9.08. The normalized spacial score (nSPS) is 15.7. The molecule has 1 aliphatic heterocycles. The molecule has 0 saturated carbocycles. The van der Waals surface area contributed by atoms with Gasteiger partial charge in [-0.1, -0.05) is 0 Å². The Kier molecular flexibility index (Phi) is 4.37. The lowest BCUT2D eigenvalue weighted by Crippen LogP contribution is -2.44. The monoisotopic (exact) mass is 265 g/mol. The lowest BCUT2D eigenvalue weighted by molar-refractivity contribution is 0.0943. The number of hydrogen-bond donors (Lipinski definition) is 2. The Morgan fingerprint density at radius 3 is 2.68 bits per heavy atom. The molecule has 0 aromatic heterocycles. The van der Waals surface area contributed by atoms with Crippen molar-refractivity contribution in [3.63, 3.8) is 0 Å². The number of anilines is 1. The van der Waals surface area contributed by atoms with E-state index in [4.69, 9.17) is 0 Å². The van der Waals surface area contributed by atoms with Crippen LogP contribution in [0.2, 0.25) is 0 Å². The fourth-order valence-electron chi connectivity index (χ4n) is 2.21. The van der Waals surface area contributed by atoms with Crippen LogP contribution in [0.25, 0.3) is 0 Å². The van der Waals surface area contributed by atoms with Crippen molar-refractivity contribution >= 4 is 11.6 Å². The number of benzene rings is 1. The number of amides is 1. The van der Waals surface area contributed by atoms with Gasteiger partial charge in [-0.15, -0.1) is 0 Å². The highest BCUT2D eigenvalue weighted by Crippen LogP contribution is 2.22. The number of hydrogen-bond acceptors (Lipinski definition) is 3. The van der Waals surface area contributed by atoms with Gasteiger partial charge in [-0.3, -0.25) is 4.79 Å². The van der Waals surface area contributed by atoms with Gasteiger partial charge in [0.2, 0.25) is 0 Å². The minimum atomic E-state index is -0.382. The van der Waals surface area contributed by atoms with Crippen LogP contribution in [0.3, 0.4) is 0 Å². The van der Waals surface area contributed by atoms with Crippen LogP contribution in [0, 0.1) is 5.82 Å². The highest BCUT2D eigenvalue weighted by atomic mass is 19.1. The smallest absolute Gasteiger partial charge is 0.253 e. The third-order valence-corrected chi connectivity index (χ3v) is 3.08. The quantitative estimate of drug-likeness (QED) is 0.867. The summed E-state index contributed by atoms with van der Waals surface area (Å²) in [7, 11) is 0. The molecule has 1 saturated heterocycles. The van der Waals surface area contributed by atoms with E-state index in [1.165, 1.54) is 12.1 Å². The Morgan fingerprint density at radius 2 is 2.05 bits per heavy atom. The van der Waals surface area contributed by atoms with Gasteiger partial charge in [0.1, 0.15) is 5.82 Å². The van der Waals surface area contributed by atoms with Crippen LogP contribution >= 0.6 is 0 Å². The summed E-state index contributed by atoms with van der Waals surface area (Å²) in [5, 5.41) is 6.08. The minimum absolute atomic E-state index is 0.0339. The van der Waals surface area contributed by atoms with Crippen LogP contribution in [-0.4, -0.2) is 38.1 Å². The van der Waals surface area contributed by atoms with Crippen molar-refractivity contribution in [2.24, 2.45) is 0 Å². The van der Waals surface area contributed by atoms with Crippen molar-refractivity contribution in [3.05, 3.63) is 29.6 Å². The van der Waals surface area contributed by atoms with Gasteiger partial charge < -0.3 is 15.5 Å². The van der Waals surface area contributed by atoms with Gasteiger partial charge in [-0.05, 0) is 32.0 Å². The van der Waals surface area contributed by atoms with E-state index in [0.717, 1.165) is 31.9 Å². The van der Waals surface area contributed by atoms with Crippen molar-refractivity contribution in [1.29, 1.82) is 0 Å². The number of nitrogens with one attached hydrogen (secondary N) is 2. The summed E-state index contributed by atoms with van der Waals surface area (Å²) in [5.74, 6) is -0.601. The van der Waals surface area contributed by atoms with Gasteiger partial charge in [-0.25, -0.2) is 4.39 Å². The van der Waals surface area contributed by atoms with Crippen LogP contribution in [-0.2, 0) is 0 Å². The molecule has 0 spiro atoms. The molecule has 104 valence electrons. The summed E-state index contributed by atoms with van der Waals surface area (Å²) in [6.45, 7) is 7.19. The summed E-state index contributed by atoms with van der Waals surface area (Å²) in [6.07, 6.45) is 0. The lowest BCUT2D eigenvalue weighted by Gasteiger charge is -2.31. The van der Waals surface area contributed by atoms with Gasteiger partial charge in [0.15, 0.2) is 0 Å². The summed E-state index contributed by atoms with van der Waals surface area (Å²) in [4.78, 5) is 14.3. The first-order valence-corrected chi connectivity index (χ1v) is 6.64. The maximum atomic E-state index is 13.4. The zero-order valence-electron chi connectivity index (χ0n) is 11.4. The molecule has 0 radical (unpaired) electrons. The number of halogens is 1.